The first-order valence-corrected chi connectivity index (χ1v) is 16.4. The van der Waals surface area contributed by atoms with Gasteiger partial charge in [-0.2, -0.15) is 5.10 Å². The number of hydrogen-bond acceptors (Lipinski definition) is 9. The number of benzene rings is 1. The number of carbonyl (C=O) groups excluding carboxylic acids is 4. The zero-order chi connectivity index (χ0) is 31.5. The molecule has 12 nitrogen and oxygen atoms in total. The highest BCUT2D eigenvalue weighted by atomic mass is 16.2. The van der Waals surface area contributed by atoms with Crippen molar-refractivity contribution in [1.29, 1.82) is 0 Å². The lowest BCUT2D eigenvalue weighted by Gasteiger charge is -2.36. The first-order valence-electron chi connectivity index (χ1n) is 16.4. The monoisotopic (exact) mass is 622 g/mol. The summed E-state index contributed by atoms with van der Waals surface area (Å²) >= 11 is 0. The third-order valence-electron chi connectivity index (χ3n) is 10.2. The van der Waals surface area contributed by atoms with Gasteiger partial charge in [0.1, 0.15) is 6.04 Å². The first kappa shape index (κ1) is 28.9. The van der Waals surface area contributed by atoms with Crippen LogP contribution in [0.15, 0.2) is 42.7 Å². The standard InChI is InChI=1S/C34H38N8O4/c1-39-11-13-40(14-12-39)27-3-2-10-35-31(27)26-19-41(38-30(26)21-4-5-21)23-15-20(16-23)18-36-22-6-7-24-25(17-22)34(46)42(33(24)45)28-8-9-29(43)37-32(28)44/h2-3,6-7,10,17,19-21,23,28,36H,4-5,8-9,11-16,18H2,1H3,(H,37,43,44). The molecule has 2 aliphatic carbocycles. The maximum Gasteiger partial charge on any atom is 0.262 e. The predicted molar refractivity (Wildman–Crippen MR) is 171 cm³/mol. The number of aromatic nitrogens is 3. The maximum absolute atomic E-state index is 13.2. The van der Waals surface area contributed by atoms with Gasteiger partial charge in [-0.05, 0) is 75.4 Å². The highest BCUT2D eigenvalue weighted by Crippen LogP contribution is 2.47. The summed E-state index contributed by atoms with van der Waals surface area (Å²) in [6.45, 7) is 4.81. The van der Waals surface area contributed by atoms with Gasteiger partial charge in [0, 0.05) is 68.7 Å². The molecule has 1 atom stereocenters. The van der Waals surface area contributed by atoms with Crippen molar-refractivity contribution in [3.05, 3.63) is 59.5 Å². The van der Waals surface area contributed by atoms with Crippen molar-refractivity contribution < 1.29 is 19.2 Å². The van der Waals surface area contributed by atoms with Gasteiger partial charge in [0.25, 0.3) is 11.8 Å². The second-order valence-electron chi connectivity index (χ2n) is 13.4. The summed E-state index contributed by atoms with van der Waals surface area (Å²) in [6.07, 6.45) is 8.71. The maximum atomic E-state index is 13.2. The van der Waals surface area contributed by atoms with Crippen molar-refractivity contribution in [2.24, 2.45) is 5.92 Å². The zero-order valence-corrected chi connectivity index (χ0v) is 25.9. The number of imide groups is 2. The lowest BCUT2D eigenvalue weighted by atomic mass is 9.80. The smallest absolute Gasteiger partial charge is 0.262 e. The Bertz CT molecular complexity index is 1730. The Morgan fingerprint density at radius 1 is 0.935 bits per heavy atom. The summed E-state index contributed by atoms with van der Waals surface area (Å²) in [5.74, 6) is -1.02. The molecule has 0 bridgehead atoms. The van der Waals surface area contributed by atoms with Crippen LogP contribution in [-0.2, 0) is 9.59 Å². The molecule has 0 radical (unpaired) electrons. The van der Waals surface area contributed by atoms with Crippen LogP contribution in [0.5, 0.6) is 0 Å². The molecule has 5 aliphatic rings. The van der Waals surface area contributed by atoms with E-state index in [0.29, 0.717) is 17.9 Å². The van der Waals surface area contributed by atoms with Crippen LogP contribution >= 0.6 is 0 Å². The summed E-state index contributed by atoms with van der Waals surface area (Å²) in [5.41, 5.74) is 5.92. The molecule has 3 aliphatic heterocycles. The minimum absolute atomic E-state index is 0.0987. The molecule has 5 heterocycles. The SMILES string of the molecule is CN1CCN(c2cccnc2-c2cn(C3CC(CNc4ccc5c(c4)C(=O)N(C4CCC(=O)NC4=O)C5=O)C3)nc2C2CC2)CC1. The van der Waals surface area contributed by atoms with Crippen LogP contribution in [0.3, 0.4) is 0 Å². The first-order chi connectivity index (χ1) is 22.3. The number of amides is 4. The number of carbonyl (C=O) groups is 4. The summed E-state index contributed by atoms with van der Waals surface area (Å²) < 4.78 is 2.17. The number of piperazine rings is 1. The van der Waals surface area contributed by atoms with Gasteiger partial charge in [0.05, 0.1) is 34.2 Å². The Kier molecular flexibility index (Phi) is 7.12. The molecule has 46 heavy (non-hydrogen) atoms. The number of anilines is 2. The average molecular weight is 623 g/mol. The van der Waals surface area contributed by atoms with Crippen LogP contribution in [-0.4, -0.2) is 94.0 Å². The molecule has 1 aromatic carbocycles. The minimum Gasteiger partial charge on any atom is -0.385 e. The van der Waals surface area contributed by atoms with Crippen molar-refractivity contribution in [2.45, 2.75) is 56.5 Å². The summed E-state index contributed by atoms with van der Waals surface area (Å²) in [5, 5.41) is 10.8. The Balaban J connectivity index is 0.922. The largest absolute Gasteiger partial charge is 0.385 e. The van der Waals surface area contributed by atoms with Crippen molar-refractivity contribution in [3.63, 3.8) is 0 Å². The molecule has 2 aromatic heterocycles. The van der Waals surface area contributed by atoms with E-state index in [9.17, 15) is 19.2 Å². The molecule has 8 rings (SSSR count). The van der Waals surface area contributed by atoms with E-state index in [2.05, 4.69) is 44.4 Å². The van der Waals surface area contributed by atoms with E-state index in [1.807, 2.05) is 12.3 Å². The third kappa shape index (κ3) is 5.14. The second-order valence-corrected chi connectivity index (χ2v) is 13.4. The number of likely N-dealkylation sites (N-methyl/N-ethyl adjacent to an activating group) is 1. The van der Waals surface area contributed by atoms with Gasteiger partial charge in [-0.25, -0.2) is 0 Å². The molecular formula is C34H38N8O4. The Labute approximate surface area is 267 Å². The van der Waals surface area contributed by atoms with E-state index < -0.39 is 23.8 Å². The molecular weight excluding hydrogens is 584 g/mol. The fourth-order valence-corrected chi connectivity index (χ4v) is 7.27. The van der Waals surface area contributed by atoms with Gasteiger partial charge >= 0.3 is 0 Å². The van der Waals surface area contributed by atoms with Crippen LogP contribution in [0.25, 0.3) is 11.3 Å². The molecule has 1 unspecified atom stereocenters. The molecule has 2 N–H and O–H groups in total. The van der Waals surface area contributed by atoms with Gasteiger partial charge in [0.2, 0.25) is 11.8 Å². The summed E-state index contributed by atoms with van der Waals surface area (Å²) in [6, 6.07) is 8.74. The Morgan fingerprint density at radius 3 is 2.48 bits per heavy atom. The molecule has 238 valence electrons. The molecule has 12 heteroatoms. The van der Waals surface area contributed by atoms with Crippen LogP contribution in [0.2, 0.25) is 0 Å². The van der Waals surface area contributed by atoms with Gasteiger partial charge in [-0.15, -0.1) is 0 Å². The highest BCUT2D eigenvalue weighted by molar-refractivity contribution is 6.23. The fraction of sp³-hybridized carbons (Fsp3) is 0.471. The Hall–Kier alpha value is -4.58. The van der Waals surface area contributed by atoms with Crippen molar-refractivity contribution >= 4 is 35.0 Å². The van der Waals surface area contributed by atoms with E-state index in [4.69, 9.17) is 10.1 Å². The van der Waals surface area contributed by atoms with Crippen LogP contribution < -0.4 is 15.5 Å². The van der Waals surface area contributed by atoms with Crippen LogP contribution in [0.1, 0.15) is 76.9 Å². The number of hydrogen-bond donors (Lipinski definition) is 2. The van der Waals surface area contributed by atoms with E-state index >= 15 is 0 Å². The lowest BCUT2D eigenvalue weighted by Crippen LogP contribution is -2.54. The lowest BCUT2D eigenvalue weighted by molar-refractivity contribution is -0.136. The van der Waals surface area contributed by atoms with Gasteiger partial charge in [-0.3, -0.25) is 39.1 Å². The third-order valence-corrected chi connectivity index (χ3v) is 10.2. The van der Waals surface area contributed by atoms with E-state index in [1.165, 1.54) is 29.8 Å². The molecule has 2 saturated carbocycles. The molecule has 3 aromatic rings. The van der Waals surface area contributed by atoms with Crippen LogP contribution in [0, 0.1) is 5.92 Å². The Morgan fingerprint density at radius 2 is 1.72 bits per heavy atom. The van der Waals surface area contributed by atoms with E-state index in [1.54, 1.807) is 18.2 Å². The minimum atomic E-state index is -0.965. The topological polar surface area (TPSA) is 133 Å². The van der Waals surface area contributed by atoms with Crippen molar-refractivity contribution in [2.75, 3.05) is 50.0 Å². The summed E-state index contributed by atoms with van der Waals surface area (Å²) in [7, 11) is 2.17. The molecule has 2 saturated heterocycles. The molecule has 0 spiro atoms. The zero-order valence-electron chi connectivity index (χ0n) is 25.9. The molecule has 4 amide bonds. The number of nitrogens with zero attached hydrogens (tertiary/aromatic N) is 6. The average Bonchev–Trinajstić information content (AvgIpc) is 3.75. The van der Waals surface area contributed by atoms with Gasteiger partial charge < -0.3 is 15.1 Å². The van der Waals surface area contributed by atoms with Gasteiger partial charge in [0.15, 0.2) is 0 Å². The number of piperidine rings is 1. The highest BCUT2D eigenvalue weighted by Gasteiger charge is 2.45. The van der Waals surface area contributed by atoms with E-state index in [-0.39, 0.29) is 29.9 Å². The quantitative estimate of drug-likeness (QED) is 0.364. The number of rotatable bonds is 8. The van der Waals surface area contributed by atoms with Gasteiger partial charge in [-0.1, -0.05) is 0 Å². The normalized spacial score (nSPS) is 25.0. The van der Waals surface area contributed by atoms with Crippen LogP contribution in [0.4, 0.5) is 11.4 Å². The predicted octanol–water partition coefficient (Wildman–Crippen LogP) is 3.04. The number of fused-ring (bicyclic) bond motifs is 1. The number of nitrogens with one attached hydrogen (secondary N) is 2. The number of pyridine rings is 1. The van der Waals surface area contributed by atoms with Crippen molar-refractivity contribution in [3.8, 4) is 11.3 Å². The molecule has 4 fully saturated rings. The van der Waals surface area contributed by atoms with E-state index in [0.717, 1.165) is 61.8 Å². The summed E-state index contributed by atoms with van der Waals surface area (Å²) in [4.78, 5) is 60.8. The second kappa shape index (κ2) is 11.3. The fourth-order valence-electron chi connectivity index (χ4n) is 7.27. The van der Waals surface area contributed by atoms with Crippen molar-refractivity contribution in [1.82, 2.24) is 29.9 Å².